The average molecular weight is 651 g/mol. The van der Waals surface area contributed by atoms with Crippen molar-refractivity contribution >= 4 is 28.5 Å². The molecule has 10 nitrogen and oxygen atoms in total. The van der Waals surface area contributed by atoms with E-state index in [0.29, 0.717) is 56.7 Å². The molecule has 3 saturated heterocycles. The summed E-state index contributed by atoms with van der Waals surface area (Å²) in [6.45, 7) is 3.49. The lowest BCUT2D eigenvalue weighted by Gasteiger charge is -2.49. The Morgan fingerprint density at radius 2 is 1.93 bits per heavy atom. The SMILES string of the molecule is CC[C@H]1C[C@@H]([C@H](c2ccc(F)cc2)[C@H](NC(=O)O)C(=O)Nc2cccc(F)c2CC[C@H]2CN[C@@H]3CCCS(O)(O)N2C3)CCO1. The molecule has 2 aromatic rings. The number of benzene rings is 2. The number of amides is 2. The molecule has 3 fully saturated rings. The van der Waals surface area contributed by atoms with Crippen LogP contribution in [0.1, 0.15) is 62.5 Å². The van der Waals surface area contributed by atoms with E-state index in [-0.39, 0.29) is 41.8 Å². The quantitative estimate of drug-likeness (QED) is 0.196. The number of hydrogen-bond acceptors (Lipinski definition) is 7. The molecular weight excluding hydrogens is 606 g/mol. The Bertz CT molecular complexity index is 1340. The molecule has 3 aliphatic heterocycles. The monoisotopic (exact) mass is 650 g/mol. The zero-order chi connectivity index (χ0) is 32.1. The van der Waals surface area contributed by atoms with Crippen LogP contribution in [0.4, 0.5) is 19.3 Å². The molecular formula is C32H44F2N4O6S. The number of fused-ring (bicyclic) bond motifs is 2. The summed E-state index contributed by atoms with van der Waals surface area (Å²) in [6, 6.07) is 8.78. The second-order valence-corrected chi connectivity index (χ2v) is 14.5. The van der Waals surface area contributed by atoms with E-state index >= 15 is 4.39 Å². The van der Waals surface area contributed by atoms with Crippen LogP contribution in [-0.2, 0) is 16.0 Å². The van der Waals surface area contributed by atoms with E-state index in [9.17, 15) is 28.2 Å². The summed E-state index contributed by atoms with van der Waals surface area (Å²) in [5, 5.41) is 18.5. The maximum atomic E-state index is 15.3. The van der Waals surface area contributed by atoms with Crippen molar-refractivity contribution in [1.82, 2.24) is 14.9 Å². The number of hydrogen-bond donors (Lipinski definition) is 6. The lowest BCUT2D eigenvalue weighted by molar-refractivity contribution is -0.119. The topological polar surface area (TPSA) is 143 Å². The highest BCUT2D eigenvalue weighted by Crippen LogP contribution is 2.49. The molecule has 1 unspecified atom stereocenters. The molecule has 2 bridgehead atoms. The maximum absolute atomic E-state index is 15.3. The van der Waals surface area contributed by atoms with E-state index in [1.165, 1.54) is 24.3 Å². The molecule has 3 aliphatic rings. The molecule has 2 aromatic carbocycles. The first-order valence-electron chi connectivity index (χ1n) is 15.8. The van der Waals surface area contributed by atoms with Crippen molar-refractivity contribution in [2.45, 2.75) is 82.0 Å². The minimum atomic E-state index is -2.93. The van der Waals surface area contributed by atoms with Gasteiger partial charge in [0.05, 0.1) is 11.9 Å². The predicted octanol–water partition coefficient (Wildman–Crippen LogP) is 5.56. The number of nitrogens with one attached hydrogen (secondary N) is 3. The van der Waals surface area contributed by atoms with E-state index in [2.05, 4.69) is 16.0 Å². The second kappa shape index (κ2) is 14.7. The second-order valence-electron chi connectivity index (χ2n) is 12.3. The van der Waals surface area contributed by atoms with Crippen LogP contribution in [0.15, 0.2) is 42.5 Å². The molecule has 3 heterocycles. The predicted molar refractivity (Wildman–Crippen MR) is 169 cm³/mol. The molecule has 248 valence electrons. The Balaban J connectivity index is 1.40. The van der Waals surface area contributed by atoms with Crippen LogP contribution in [0.2, 0.25) is 0 Å². The summed E-state index contributed by atoms with van der Waals surface area (Å²) in [4.78, 5) is 26.0. The first-order valence-corrected chi connectivity index (χ1v) is 17.4. The fourth-order valence-electron chi connectivity index (χ4n) is 7.12. The van der Waals surface area contributed by atoms with Gasteiger partial charge in [-0.25, -0.2) is 17.9 Å². The Morgan fingerprint density at radius 1 is 1.16 bits per heavy atom. The van der Waals surface area contributed by atoms with Crippen LogP contribution in [0.25, 0.3) is 0 Å². The van der Waals surface area contributed by atoms with Crippen molar-refractivity contribution < 1.29 is 37.3 Å². The van der Waals surface area contributed by atoms with Crippen LogP contribution >= 0.6 is 10.8 Å². The van der Waals surface area contributed by atoms with E-state index in [4.69, 9.17) is 4.74 Å². The molecule has 0 aliphatic carbocycles. The third kappa shape index (κ3) is 8.13. The van der Waals surface area contributed by atoms with Gasteiger partial charge in [-0.3, -0.25) is 13.9 Å². The van der Waals surface area contributed by atoms with Crippen molar-refractivity contribution in [2.75, 3.05) is 30.8 Å². The minimum Gasteiger partial charge on any atom is -0.465 e. The van der Waals surface area contributed by atoms with Crippen LogP contribution in [0, 0.1) is 17.6 Å². The number of nitrogens with zero attached hydrogens (tertiary/aromatic N) is 1. The fraction of sp³-hybridized carbons (Fsp3) is 0.562. The van der Waals surface area contributed by atoms with E-state index in [0.717, 1.165) is 12.8 Å². The summed E-state index contributed by atoms with van der Waals surface area (Å²) >= 11 is 0. The highest BCUT2D eigenvalue weighted by Gasteiger charge is 2.40. The summed E-state index contributed by atoms with van der Waals surface area (Å²) in [5.41, 5.74) is 1.09. The van der Waals surface area contributed by atoms with Crippen LogP contribution in [0.3, 0.4) is 0 Å². The summed E-state index contributed by atoms with van der Waals surface area (Å²) in [7, 11) is -2.93. The van der Waals surface area contributed by atoms with Gasteiger partial charge in [0.15, 0.2) is 0 Å². The highest BCUT2D eigenvalue weighted by atomic mass is 32.3. The number of piperazine rings is 1. The van der Waals surface area contributed by atoms with Crippen LogP contribution in [-0.4, -0.2) is 80.2 Å². The van der Waals surface area contributed by atoms with Crippen LogP contribution < -0.4 is 16.0 Å². The molecule has 2 amide bonds. The van der Waals surface area contributed by atoms with Crippen molar-refractivity contribution in [3.8, 4) is 0 Å². The standard InChI is InChI=1S/C32H44F2N4O6S/c1-2-25-17-21(14-15-44-25)29(20-8-10-22(33)11-9-20)30(37-32(40)41)31(39)36-28-7-3-6-27(34)26(28)13-12-24-18-35-23-5-4-16-45(42,43)38(24)19-23/h3,6-11,21,23-25,29-30,35,37,42-43H,2,4-5,12-19H2,1H3,(H,36,39)(H,40,41)/t21-,23+,24-,25-,29-,30-/m0/s1. The summed E-state index contributed by atoms with van der Waals surface area (Å²) < 4.78 is 58.5. The first kappa shape index (κ1) is 33.6. The zero-order valence-corrected chi connectivity index (χ0v) is 26.3. The number of rotatable bonds is 10. The molecule has 5 rings (SSSR count). The van der Waals surface area contributed by atoms with Crippen molar-refractivity contribution in [1.29, 1.82) is 0 Å². The number of carboxylic acid groups (broad SMARTS) is 1. The van der Waals surface area contributed by atoms with Crippen molar-refractivity contribution in [3.05, 3.63) is 65.2 Å². The van der Waals surface area contributed by atoms with E-state index in [1.807, 2.05) is 6.92 Å². The van der Waals surface area contributed by atoms with Gasteiger partial charge >= 0.3 is 6.09 Å². The van der Waals surface area contributed by atoms with Gasteiger partial charge < -0.3 is 25.8 Å². The average Bonchev–Trinajstić information content (AvgIpc) is 3.13. The third-order valence-corrected chi connectivity index (χ3v) is 11.5. The molecule has 0 aromatic heterocycles. The van der Waals surface area contributed by atoms with Gasteiger partial charge in [-0.1, -0.05) is 25.1 Å². The number of carbonyl (C=O) groups is 2. The molecule has 45 heavy (non-hydrogen) atoms. The Labute approximate surface area is 264 Å². The Hall–Kier alpha value is -2.81. The molecule has 6 N–H and O–H groups in total. The number of ether oxygens (including phenoxy) is 1. The fourth-order valence-corrected chi connectivity index (χ4v) is 8.98. The third-order valence-electron chi connectivity index (χ3n) is 9.45. The number of halogens is 2. The summed E-state index contributed by atoms with van der Waals surface area (Å²) in [6.07, 6.45) is 2.69. The number of carbonyl (C=O) groups excluding carboxylic acids is 1. The maximum Gasteiger partial charge on any atom is 0.405 e. The molecule has 13 heteroatoms. The smallest absolute Gasteiger partial charge is 0.405 e. The Morgan fingerprint density at radius 3 is 2.67 bits per heavy atom. The van der Waals surface area contributed by atoms with Gasteiger partial charge in [0.25, 0.3) is 0 Å². The lowest BCUT2D eigenvalue weighted by Crippen LogP contribution is -2.55. The van der Waals surface area contributed by atoms with Gasteiger partial charge in [-0.2, -0.15) is 0 Å². The minimum absolute atomic E-state index is 0.0535. The molecule has 0 spiro atoms. The summed E-state index contributed by atoms with van der Waals surface area (Å²) in [5.74, 6) is -2.09. The lowest BCUT2D eigenvalue weighted by atomic mass is 9.74. The molecule has 7 atom stereocenters. The Kier molecular flexibility index (Phi) is 11.0. The van der Waals surface area contributed by atoms with Gasteiger partial charge in [0, 0.05) is 48.9 Å². The highest BCUT2D eigenvalue weighted by molar-refractivity contribution is 8.22. The van der Waals surface area contributed by atoms with E-state index in [1.54, 1.807) is 22.5 Å². The van der Waals surface area contributed by atoms with Crippen molar-refractivity contribution in [2.24, 2.45) is 5.92 Å². The largest absolute Gasteiger partial charge is 0.465 e. The normalized spacial score (nSPS) is 28.2. The van der Waals surface area contributed by atoms with E-state index < -0.39 is 46.4 Å². The van der Waals surface area contributed by atoms with Gasteiger partial charge in [0.1, 0.15) is 17.7 Å². The molecule has 0 radical (unpaired) electrons. The van der Waals surface area contributed by atoms with Crippen LogP contribution in [0.5, 0.6) is 0 Å². The zero-order valence-electron chi connectivity index (χ0n) is 25.5. The molecule has 0 saturated carbocycles. The van der Waals surface area contributed by atoms with Crippen molar-refractivity contribution in [3.63, 3.8) is 0 Å². The first-order chi connectivity index (χ1) is 21.6. The van der Waals surface area contributed by atoms with Gasteiger partial charge in [-0.15, -0.1) is 10.8 Å². The van der Waals surface area contributed by atoms with Gasteiger partial charge in [-0.05, 0) is 80.7 Å². The number of anilines is 1. The van der Waals surface area contributed by atoms with Gasteiger partial charge in [0.2, 0.25) is 5.91 Å².